The van der Waals surface area contributed by atoms with Crippen LogP contribution in [0.25, 0.3) is 16.9 Å². The monoisotopic (exact) mass is 467 g/mol. The number of rotatable bonds is 4. The van der Waals surface area contributed by atoms with Crippen LogP contribution in [-0.4, -0.2) is 43.4 Å². The standard InChI is InChI=1S/C22H22FN7O4/c1-12-16-17(28-34-12)14(29(5)21(32)33-22(2,3)4)11-15(26-16)27-18-20(31)30(10-9-24-18)19-13(23)7-6-8-25-19/h6-11H,1-5H3,(H,24,26,27). The van der Waals surface area contributed by atoms with Crippen LogP contribution in [0, 0.1) is 12.7 Å². The van der Waals surface area contributed by atoms with Gasteiger partial charge in [-0.3, -0.25) is 14.3 Å². The van der Waals surface area contributed by atoms with Gasteiger partial charge in [0, 0.05) is 31.7 Å². The van der Waals surface area contributed by atoms with Gasteiger partial charge in [-0.2, -0.15) is 0 Å². The van der Waals surface area contributed by atoms with Gasteiger partial charge in [0.1, 0.15) is 16.9 Å². The summed E-state index contributed by atoms with van der Waals surface area (Å²) in [5.41, 5.74) is -0.303. The predicted molar refractivity (Wildman–Crippen MR) is 122 cm³/mol. The van der Waals surface area contributed by atoms with Crippen LogP contribution in [-0.2, 0) is 4.74 Å². The van der Waals surface area contributed by atoms with E-state index in [4.69, 9.17) is 9.26 Å². The van der Waals surface area contributed by atoms with Crippen molar-refractivity contribution in [2.24, 2.45) is 0 Å². The molecule has 1 N–H and O–H groups in total. The predicted octanol–water partition coefficient (Wildman–Crippen LogP) is 3.73. The number of nitrogens with zero attached hydrogens (tertiary/aromatic N) is 6. The number of hydrogen-bond donors (Lipinski definition) is 1. The minimum absolute atomic E-state index is 0.126. The fourth-order valence-corrected chi connectivity index (χ4v) is 3.11. The quantitative estimate of drug-likeness (QED) is 0.477. The highest BCUT2D eigenvalue weighted by atomic mass is 19.1. The van der Waals surface area contributed by atoms with Crippen molar-refractivity contribution < 1.29 is 18.4 Å². The zero-order chi connectivity index (χ0) is 24.6. The van der Waals surface area contributed by atoms with Crippen LogP contribution in [0.4, 0.5) is 26.5 Å². The number of pyridine rings is 2. The Morgan fingerprint density at radius 2 is 2.00 bits per heavy atom. The molecule has 4 aromatic heterocycles. The molecular formula is C22H22FN7O4. The molecule has 0 spiro atoms. The maximum Gasteiger partial charge on any atom is 0.414 e. The molecule has 34 heavy (non-hydrogen) atoms. The van der Waals surface area contributed by atoms with Gasteiger partial charge < -0.3 is 14.6 Å². The van der Waals surface area contributed by atoms with Gasteiger partial charge in [0.15, 0.2) is 28.7 Å². The summed E-state index contributed by atoms with van der Waals surface area (Å²) in [6.07, 6.45) is 3.40. The van der Waals surface area contributed by atoms with Crippen LogP contribution >= 0.6 is 0 Å². The molecule has 4 aromatic rings. The van der Waals surface area contributed by atoms with Crippen molar-refractivity contribution in [2.45, 2.75) is 33.3 Å². The molecule has 0 aliphatic carbocycles. The van der Waals surface area contributed by atoms with Gasteiger partial charge in [0.05, 0.1) is 5.69 Å². The molecule has 176 valence electrons. The number of aromatic nitrogens is 5. The van der Waals surface area contributed by atoms with Gasteiger partial charge in [0.2, 0.25) is 0 Å². The second-order valence-corrected chi connectivity index (χ2v) is 8.39. The number of carbonyl (C=O) groups is 1. The number of hydrogen-bond acceptors (Lipinski definition) is 9. The van der Waals surface area contributed by atoms with Crippen molar-refractivity contribution in [3.05, 3.63) is 58.7 Å². The molecular weight excluding hydrogens is 445 g/mol. The Hall–Kier alpha value is -4.35. The zero-order valence-electron chi connectivity index (χ0n) is 19.2. The molecule has 4 heterocycles. The summed E-state index contributed by atoms with van der Waals surface area (Å²) in [6.45, 7) is 6.93. The normalized spacial score (nSPS) is 11.5. The van der Waals surface area contributed by atoms with Crippen molar-refractivity contribution in [3.8, 4) is 5.82 Å². The highest BCUT2D eigenvalue weighted by Gasteiger charge is 2.25. The van der Waals surface area contributed by atoms with Crippen molar-refractivity contribution >= 4 is 34.4 Å². The number of ether oxygens (including phenoxy) is 1. The largest absolute Gasteiger partial charge is 0.443 e. The molecule has 11 nitrogen and oxygen atoms in total. The minimum Gasteiger partial charge on any atom is -0.443 e. The third kappa shape index (κ3) is 4.42. The van der Waals surface area contributed by atoms with E-state index in [1.54, 1.807) is 27.7 Å². The Kier molecular flexibility index (Phi) is 5.73. The second kappa shape index (κ2) is 8.54. The highest BCUT2D eigenvalue weighted by molar-refractivity contribution is 5.99. The molecule has 12 heteroatoms. The van der Waals surface area contributed by atoms with E-state index in [2.05, 4.69) is 25.4 Å². The zero-order valence-corrected chi connectivity index (χ0v) is 19.2. The van der Waals surface area contributed by atoms with E-state index in [1.165, 1.54) is 48.7 Å². The van der Waals surface area contributed by atoms with Crippen LogP contribution in [0.1, 0.15) is 26.5 Å². The molecule has 0 saturated carbocycles. The third-order valence-corrected chi connectivity index (χ3v) is 4.66. The summed E-state index contributed by atoms with van der Waals surface area (Å²) in [7, 11) is 1.52. The van der Waals surface area contributed by atoms with Crippen molar-refractivity contribution in [1.82, 2.24) is 24.7 Å². The van der Waals surface area contributed by atoms with Gasteiger partial charge in [-0.05, 0) is 39.8 Å². The van der Waals surface area contributed by atoms with Crippen molar-refractivity contribution in [2.75, 3.05) is 17.3 Å². The first kappa shape index (κ1) is 22.8. The first-order chi connectivity index (χ1) is 16.0. The fourth-order valence-electron chi connectivity index (χ4n) is 3.11. The average molecular weight is 467 g/mol. The number of nitrogens with one attached hydrogen (secondary N) is 1. The van der Waals surface area contributed by atoms with Crippen LogP contribution in [0.2, 0.25) is 0 Å². The summed E-state index contributed by atoms with van der Waals surface area (Å²) < 4.78 is 25.9. The molecule has 0 bridgehead atoms. The molecule has 0 unspecified atom stereocenters. The van der Waals surface area contributed by atoms with Gasteiger partial charge in [-0.15, -0.1) is 0 Å². The van der Waals surface area contributed by atoms with Gasteiger partial charge in [-0.1, -0.05) is 5.16 Å². The van der Waals surface area contributed by atoms with E-state index in [9.17, 15) is 14.0 Å². The number of carbonyl (C=O) groups excluding carboxylic acids is 1. The van der Waals surface area contributed by atoms with Crippen LogP contribution in [0.3, 0.4) is 0 Å². The summed E-state index contributed by atoms with van der Waals surface area (Å²) in [6, 6.07) is 4.13. The summed E-state index contributed by atoms with van der Waals surface area (Å²) in [5, 5.41) is 6.84. The number of fused-ring (bicyclic) bond motifs is 1. The number of aryl methyl sites for hydroxylation is 1. The Morgan fingerprint density at radius 3 is 2.71 bits per heavy atom. The van der Waals surface area contributed by atoms with E-state index >= 15 is 0 Å². The molecule has 0 saturated heterocycles. The first-order valence-electron chi connectivity index (χ1n) is 10.2. The second-order valence-electron chi connectivity index (χ2n) is 8.39. The molecule has 0 aliphatic rings. The van der Waals surface area contributed by atoms with Gasteiger partial charge >= 0.3 is 6.09 Å². The molecule has 0 atom stereocenters. The maximum absolute atomic E-state index is 14.2. The van der Waals surface area contributed by atoms with E-state index in [0.717, 1.165) is 4.57 Å². The molecule has 0 aliphatic heterocycles. The third-order valence-electron chi connectivity index (χ3n) is 4.66. The molecule has 4 rings (SSSR count). The molecule has 0 radical (unpaired) electrons. The summed E-state index contributed by atoms with van der Waals surface area (Å²) in [5.74, 6) is -0.358. The molecule has 0 fully saturated rings. The summed E-state index contributed by atoms with van der Waals surface area (Å²) >= 11 is 0. The first-order valence-corrected chi connectivity index (χ1v) is 10.2. The van der Waals surface area contributed by atoms with E-state index in [1.807, 2.05) is 0 Å². The Labute approximate surface area is 193 Å². The minimum atomic E-state index is -0.710. The lowest BCUT2D eigenvalue weighted by molar-refractivity contribution is 0.0589. The van der Waals surface area contributed by atoms with Crippen LogP contribution in [0.15, 0.2) is 46.1 Å². The Morgan fingerprint density at radius 1 is 1.24 bits per heavy atom. The van der Waals surface area contributed by atoms with Crippen molar-refractivity contribution in [1.29, 1.82) is 0 Å². The lowest BCUT2D eigenvalue weighted by atomic mass is 10.2. The van der Waals surface area contributed by atoms with Crippen LogP contribution in [0.5, 0.6) is 0 Å². The Bertz CT molecular complexity index is 1440. The number of anilines is 3. The average Bonchev–Trinajstić information content (AvgIpc) is 3.14. The SMILES string of the molecule is Cc1onc2c(N(C)C(=O)OC(C)(C)C)cc(Nc3nccn(-c4ncccc4F)c3=O)nc12. The molecule has 0 aromatic carbocycles. The van der Waals surface area contributed by atoms with Crippen LogP contribution < -0.4 is 15.8 Å². The lowest BCUT2D eigenvalue weighted by Crippen LogP contribution is -2.34. The van der Waals surface area contributed by atoms with Crippen molar-refractivity contribution in [3.63, 3.8) is 0 Å². The topological polar surface area (TPSA) is 128 Å². The van der Waals surface area contributed by atoms with E-state index < -0.39 is 23.1 Å². The maximum atomic E-state index is 14.2. The molecule has 1 amide bonds. The number of halogens is 1. The highest BCUT2D eigenvalue weighted by Crippen LogP contribution is 2.30. The van der Waals surface area contributed by atoms with Gasteiger partial charge in [-0.25, -0.2) is 24.1 Å². The smallest absolute Gasteiger partial charge is 0.414 e. The van der Waals surface area contributed by atoms with E-state index in [-0.39, 0.29) is 17.5 Å². The summed E-state index contributed by atoms with van der Waals surface area (Å²) in [4.78, 5) is 39.3. The fraction of sp³-hybridized carbons (Fsp3) is 0.273. The Balaban J connectivity index is 1.76. The van der Waals surface area contributed by atoms with Gasteiger partial charge in [0.25, 0.3) is 5.56 Å². The van der Waals surface area contributed by atoms with E-state index in [0.29, 0.717) is 22.5 Å². The number of amides is 1. The lowest BCUT2D eigenvalue weighted by Gasteiger charge is -2.24.